The number of amides is 1. The third-order valence-corrected chi connectivity index (χ3v) is 3.81. The van der Waals surface area contributed by atoms with Crippen molar-refractivity contribution in [3.63, 3.8) is 0 Å². The van der Waals surface area contributed by atoms with Crippen LogP contribution >= 0.6 is 0 Å². The summed E-state index contributed by atoms with van der Waals surface area (Å²) in [7, 11) is 0. The fourth-order valence-electron chi connectivity index (χ4n) is 2.44. The van der Waals surface area contributed by atoms with E-state index in [0.717, 1.165) is 0 Å². The van der Waals surface area contributed by atoms with Crippen molar-refractivity contribution >= 4 is 11.6 Å². The van der Waals surface area contributed by atoms with Gasteiger partial charge in [0, 0.05) is 6.54 Å². The zero-order valence-electron chi connectivity index (χ0n) is 12.2. The van der Waals surface area contributed by atoms with E-state index >= 15 is 0 Å². The van der Waals surface area contributed by atoms with Crippen molar-refractivity contribution < 1.29 is 31.9 Å². The lowest BCUT2D eigenvalue weighted by Gasteiger charge is -2.34. The first-order valence-electron chi connectivity index (χ1n) is 6.98. The van der Waals surface area contributed by atoms with Crippen LogP contribution in [0.3, 0.4) is 0 Å². The first kappa shape index (κ1) is 17.6. The highest BCUT2D eigenvalue weighted by Gasteiger charge is 2.30. The van der Waals surface area contributed by atoms with E-state index < -0.39 is 52.8 Å². The Morgan fingerprint density at radius 2 is 1.65 bits per heavy atom. The second-order valence-corrected chi connectivity index (χ2v) is 5.40. The second kappa shape index (κ2) is 6.79. The van der Waals surface area contributed by atoms with Crippen molar-refractivity contribution in [3.8, 4) is 0 Å². The van der Waals surface area contributed by atoms with Gasteiger partial charge >= 0.3 is 0 Å². The van der Waals surface area contributed by atoms with E-state index in [1.165, 1.54) is 6.92 Å². The summed E-state index contributed by atoms with van der Waals surface area (Å²) >= 11 is 0. The molecule has 2 atom stereocenters. The summed E-state index contributed by atoms with van der Waals surface area (Å²) in [5.74, 6) is -11.7. The molecule has 1 aromatic carbocycles. The van der Waals surface area contributed by atoms with Gasteiger partial charge in [-0.1, -0.05) is 0 Å². The van der Waals surface area contributed by atoms with Crippen molar-refractivity contribution in [3.05, 3.63) is 29.1 Å². The van der Waals surface area contributed by atoms with Crippen LogP contribution in [0.15, 0.2) is 0 Å². The summed E-state index contributed by atoms with van der Waals surface area (Å²) in [5, 5.41) is 11.3. The molecule has 23 heavy (non-hydrogen) atoms. The minimum absolute atomic E-state index is 0.186. The van der Waals surface area contributed by atoms with E-state index in [1.54, 1.807) is 10.2 Å². The van der Waals surface area contributed by atoms with Gasteiger partial charge in [0.1, 0.15) is 5.69 Å². The van der Waals surface area contributed by atoms with Crippen LogP contribution in [0.5, 0.6) is 0 Å². The molecule has 0 radical (unpaired) electrons. The number of β-amino-alcohol motifs (C(OH)–C–C–N with tert-alkyl or cyclic N) is 1. The van der Waals surface area contributed by atoms with Gasteiger partial charge in [-0.15, -0.1) is 0 Å². The lowest BCUT2D eigenvalue weighted by atomic mass is 10.1. The number of nitrogens with one attached hydrogen (secondary N) is 1. The summed E-state index contributed by atoms with van der Waals surface area (Å²) in [6.07, 6.45) is 0.567. The van der Waals surface area contributed by atoms with E-state index in [2.05, 4.69) is 0 Å². The molecule has 1 aliphatic rings. The van der Waals surface area contributed by atoms with Gasteiger partial charge in [0.05, 0.1) is 12.1 Å². The number of carbonyl (C=O) groups excluding carboxylic acids is 1. The number of benzene rings is 1. The number of aliphatic hydroxyl groups excluding tert-OH is 1. The molecule has 1 aliphatic heterocycles. The maximum Gasteiger partial charge on any atom is 0.241 e. The van der Waals surface area contributed by atoms with E-state index in [0.29, 0.717) is 19.4 Å². The molecule has 2 unspecified atom stereocenters. The molecule has 1 heterocycles. The van der Waals surface area contributed by atoms with Gasteiger partial charge in [-0.2, -0.15) is 0 Å². The molecule has 4 nitrogen and oxygen atoms in total. The third-order valence-electron chi connectivity index (χ3n) is 3.81. The van der Waals surface area contributed by atoms with Gasteiger partial charge in [0.25, 0.3) is 0 Å². The highest BCUT2D eigenvalue weighted by atomic mass is 19.2. The Labute approximate surface area is 128 Å². The number of rotatable bonds is 3. The fraction of sp³-hybridized carbons (Fsp3) is 0.500. The zero-order valence-corrected chi connectivity index (χ0v) is 12.2. The summed E-state index contributed by atoms with van der Waals surface area (Å²) in [6, 6.07) is -0.903. The van der Waals surface area contributed by atoms with E-state index in [4.69, 9.17) is 0 Å². The number of carbonyl (C=O) groups is 1. The van der Waals surface area contributed by atoms with Gasteiger partial charge in [0.15, 0.2) is 23.3 Å². The number of halogens is 5. The predicted octanol–water partition coefficient (Wildman–Crippen LogP) is 2.17. The van der Waals surface area contributed by atoms with Gasteiger partial charge in [-0.3, -0.25) is 9.69 Å². The smallest absolute Gasteiger partial charge is 0.241 e. The Bertz CT molecular complexity index is 597. The maximum absolute atomic E-state index is 13.5. The average Bonchev–Trinajstić information content (AvgIpc) is 2.54. The van der Waals surface area contributed by atoms with Gasteiger partial charge in [-0.05, 0) is 26.3 Å². The van der Waals surface area contributed by atoms with Crippen molar-refractivity contribution in [2.24, 2.45) is 0 Å². The molecule has 1 aromatic rings. The van der Waals surface area contributed by atoms with Crippen LogP contribution in [-0.2, 0) is 4.79 Å². The first-order valence-corrected chi connectivity index (χ1v) is 6.98. The highest BCUT2D eigenvalue weighted by Crippen LogP contribution is 2.27. The lowest BCUT2D eigenvalue weighted by Crippen LogP contribution is -2.48. The van der Waals surface area contributed by atoms with E-state index in [1.807, 2.05) is 0 Å². The molecule has 0 saturated carbocycles. The Kier molecular flexibility index (Phi) is 5.20. The summed E-state index contributed by atoms with van der Waals surface area (Å²) in [6.45, 7) is 2.08. The molecule has 1 amide bonds. The van der Waals surface area contributed by atoms with Gasteiger partial charge in [0.2, 0.25) is 11.7 Å². The van der Waals surface area contributed by atoms with Crippen molar-refractivity contribution in [2.45, 2.75) is 31.9 Å². The SMILES string of the molecule is CC(C(=O)Nc1c(F)c(F)c(F)c(F)c1F)N1CCCC(O)C1. The molecule has 2 N–H and O–H groups in total. The number of anilines is 1. The Balaban J connectivity index is 2.20. The molecule has 1 saturated heterocycles. The van der Waals surface area contributed by atoms with Crippen LogP contribution in [0, 0.1) is 29.1 Å². The number of nitrogens with zero attached hydrogens (tertiary/aromatic N) is 1. The second-order valence-electron chi connectivity index (χ2n) is 5.40. The van der Waals surface area contributed by atoms with Gasteiger partial charge < -0.3 is 10.4 Å². The van der Waals surface area contributed by atoms with Crippen molar-refractivity contribution in [1.82, 2.24) is 4.90 Å². The maximum atomic E-state index is 13.5. The number of hydrogen-bond donors (Lipinski definition) is 2. The number of hydrogen-bond acceptors (Lipinski definition) is 3. The quantitative estimate of drug-likeness (QED) is 0.505. The van der Waals surface area contributed by atoms with Crippen LogP contribution in [-0.4, -0.2) is 41.1 Å². The molecular formula is C14H15F5N2O2. The largest absolute Gasteiger partial charge is 0.392 e. The molecule has 2 rings (SSSR count). The van der Waals surface area contributed by atoms with Crippen LogP contribution in [0.1, 0.15) is 19.8 Å². The normalized spacial score (nSPS) is 20.4. The third kappa shape index (κ3) is 3.45. The van der Waals surface area contributed by atoms with E-state index in [-0.39, 0.29) is 6.54 Å². The van der Waals surface area contributed by atoms with Crippen LogP contribution in [0.25, 0.3) is 0 Å². The van der Waals surface area contributed by atoms with Gasteiger partial charge in [-0.25, -0.2) is 22.0 Å². The van der Waals surface area contributed by atoms with Crippen molar-refractivity contribution in [2.75, 3.05) is 18.4 Å². The fourth-order valence-corrected chi connectivity index (χ4v) is 2.44. The summed E-state index contributed by atoms with van der Waals surface area (Å²) in [4.78, 5) is 13.6. The topological polar surface area (TPSA) is 52.6 Å². The first-order chi connectivity index (χ1) is 10.7. The number of aliphatic hydroxyl groups is 1. The standard InChI is InChI=1S/C14H15F5N2O2/c1-6(21-4-2-3-7(22)5-21)14(23)20-13-11(18)9(16)8(15)10(17)12(13)19/h6-7,22H,2-5H2,1H3,(H,20,23). The van der Waals surface area contributed by atoms with Crippen LogP contribution in [0.2, 0.25) is 0 Å². The molecule has 1 fully saturated rings. The Morgan fingerprint density at radius 1 is 1.13 bits per heavy atom. The monoisotopic (exact) mass is 338 g/mol. The molecule has 0 aliphatic carbocycles. The minimum atomic E-state index is -2.29. The molecule has 0 bridgehead atoms. The highest BCUT2D eigenvalue weighted by molar-refractivity contribution is 5.94. The van der Waals surface area contributed by atoms with E-state index in [9.17, 15) is 31.9 Å². The number of likely N-dealkylation sites (tertiary alicyclic amines) is 1. The molecule has 128 valence electrons. The molecular weight excluding hydrogens is 323 g/mol. The predicted molar refractivity (Wildman–Crippen MR) is 71.1 cm³/mol. The minimum Gasteiger partial charge on any atom is -0.392 e. The molecule has 0 aromatic heterocycles. The molecule has 9 heteroatoms. The Hall–Kier alpha value is -1.74. The Morgan fingerprint density at radius 3 is 2.17 bits per heavy atom. The lowest BCUT2D eigenvalue weighted by molar-refractivity contribution is -0.121. The summed E-state index contributed by atoms with van der Waals surface area (Å²) < 4.78 is 66.2. The van der Waals surface area contributed by atoms with Crippen LogP contribution in [0.4, 0.5) is 27.6 Å². The zero-order chi connectivity index (χ0) is 17.3. The molecule has 0 spiro atoms. The summed E-state index contributed by atoms with van der Waals surface area (Å²) in [5.41, 5.74) is -1.38. The average molecular weight is 338 g/mol. The van der Waals surface area contributed by atoms with Crippen LogP contribution < -0.4 is 5.32 Å². The number of piperidine rings is 1. The van der Waals surface area contributed by atoms with Crippen molar-refractivity contribution in [1.29, 1.82) is 0 Å².